The summed E-state index contributed by atoms with van der Waals surface area (Å²) in [5.41, 5.74) is 2.34. The topological polar surface area (TPSA) is 63.6 Å². The Labute approximate surface area is 157 Å². The van der Waals surface area contributed by atoms with Crippen molar-refractivity contribution in [2.45, 2.75) is 6.10 Å². The molecular formula is C21H19N3O3. The SMILES string of the molecule is O=C(NCC1CN(c2ccccc2)C(=O)O1)c1ccc(-n2cccc2)cc1. The zero-order valence-electron chi connectivity index (χ0n) is 14.6. The average molecular weight is 361 g/mol. The monoisotopic (exact) mass is 361 g/mol. The van der Waals surface area contributed by atoms with Crippen LogP contribution in [0.25, 0.3) is 5.69 Å². The molecule has 2 amide bonds. The Morgan fingerprint density at radius 3 is 2.37 bits per heavy atom. The molecule has 1 aliphatic heterocycles. The molecule has 27 heavy (non-hydrogen) atoms. The number of nitrogens with one attached hydrogen (secondary N) is 1. The second-order valence-corrected chi connectivity index (χ2v) is 6.30. The molecular weight excluding hydrogens is 342 g/mol. The van der Waals surface area contributed by atoms with Gasteiger partial charge >= 0.3 is 6.09 Å². The number of carbonyl (C=O) groups is 2. The minimum Gasteiger partial charge on any atom is -0.442 e. The zero-order chi connectivity index (χ0) is 18.6. The Hall–Kier alpha value is -3.54. The maximum atomic E-state index is 12.4. The fourth-order valence-corrected chi connectivity index (χ4v) is 3.05. The van der Waals surface area contributed by atoms with Crippen LogP contribution in [-0.4, -0.2) is 35.8 Å². The molecule has 0 bridgehead atoms. The van der Waals surface area contributed by atoms with Gasteiger partial charge in [0.2, 0.25) is 0 Å². The van der Waals surface area contributed by atoms with Gasteiger partial charge in [-0.2, -0.15) is 0 Å². The van der Waals surface area contributed by atoms with E-state index < -0.39 is 6.09 Å². The zero-order valence-corrected chi connectivity index (χ0v) is 14.6. The lowest BCUT2D eigenvalue weighted by molar-refractivity contribution is 0.0916. The lowest BCUT2D eigenvalue weighted by Gasteiger charge is -2.13. The smallest absolute Gasteiger partial charge is 0.414 e. The molecule has 2 heterocycles. The largest absolute Gasteiger partial charge is 0.442 e. The summed E-state index contributed by atoms with van der Waals surface area (Å²) in [6.45, 7) is 0.683. The summed E-state index contributed by atoms with van der Waals surface area (Å²) in [6, 6.07) is 20.6. The number of amides is 2. The van der Waals surface area contributed by atoms with E-state index in [1.54, 1.807) is 17.0 Å². The third-order valence-corrected chi connectivity index (χ3v) is 4.46. The molecule has 0 saturated carbocycles. The number of para-hydroxylation sites is 1. The third kappa shape index (κ3) is 3.69. The van der Waals surface area contributed by atoms with Crippen LogP contribution in [0.3, 0.4) is 0 Å². The van der Waals surface area contributed by atoms with Gasteiger partial charge in [0.05, 0.1) is 13.1 Å². The van der Waals surface area contributed by atoms with Gasteiger partial charge in [0.1, 0.15) is 6.10 Å². The molecule has 0 spiro atoms. The van der Waals surface area contributed by atoms with Crippen molar-refractivity contribution < 1.29 is 14.3 Å². The van der Waals surface area contributed by atoms with E-state index in [4.69, 9.17) is 4.74 Å². The van der Waals surface area contributed by atoms with E-state index in [1.807, 2.05) is 71.6 Å². The Balaban J connectivity index is 1.34. The summed E-state index contributed by atoms with van der Waals surface area (Å²) in [5, 5.41) is 2.84. The minimum atomic E-state index is -0.392. The number of cyclic esters (lactones) is 1. The number of nitrogens with zero attached hydrogens (tertiary/aromatic N) is 2. The molecule has 1 N–H and O–H groups in total. The number of carbonyl (C=O) groups excluding carboxylic acids is 2. The summed E-state index contributed by atoms with van der Waals surface area (Å²) < 4.78 is 7.32. The summed E-state index contributed by atoms with van der Waals surface area (Å²) >= 11 is 0. The first-order valence-electron chi connectivity index (χ1n) is 8.75. The number of rotatable bonds is 5. The molecule has 4 rings (SSSR count). The number of hydrogen-bond acceptors (Lipinski definition) is 3. The maximum absolute atomic E-state index is 12.4. The standard InChI is InChI=1S/C21H19N3O3/c25-20(16-8-10-17(11-9-16)23-12-4-5-13-23)22-14-19-15-24(21(26)27-19)18-6-2-1-3-7-18/h1-13,19H,14-15H2,(H,22,25). The van der Waals surface area contributed by atoms with Gasteiger partial charge in [0.15, 0.2) is 0 Å². The minimum absolute atomic E-state index is 0.191. The molecule has 3 aromatic rings. The fraction of sp³-hybridized carbons (Fsp3) is 0.143. The number of anilines is 1. The molecule has 136 valence electrons. The van der Waals surface area contributed by atoms with Gasteiger partial charge in [-0.15, -0.1) is 0 Å². The van der Waals surface area contributed by atoms with Crippen LogP contribution in [0.15, 0.2) is 79.1 Å². The number of ether oxygens (including phenoxy) is 1. The Kier molecular flexibility index (Phi) is 4.61. The van der Waals surface area contributed by atoms with E-state index in [9.17, 15) is 9.59 Å². The van der Waals surface area contributed by atoms with E-state index in [0.717, 1.165) is 11.4 Å². The van der Waals surface area contributed by atoms with Gasteiger partial charge in [-0.1, -0.05) is 18.2 Å². The molecule has 0 radical (unpaired) electrons. The molecule has 1 saturated heterocycles. The van der Waals surface area contributed by atoms with Crippen LogP contribution in [0.4, 0.5) is 10.5 Å². The maximum Gasteiger partial charge on any atom is 0.414 e. The first-order chi connectivity index (χ1) is 13.2. The van der Waals surface area contributed by atoms with Gasteiger partial charge in [-0.3, -0.25) is 9.69 Å². The van der Waals surface area contributed by atoms with Crippen LogP contribution in [0.1, 0.15) is 10.4 Å². The average Bonchev–Trinajstić information content (AvgIpc) is 3.37. The van der Waals surface area contributed by atoms with Crippen molar-refractivity contribution in [3.8, 4) is 5.69 Å². The highest BCUT2D eigenvalue weighted by molar-refractivity contribution is 5.94. The van der Waals surface area contributed by atoms with Crippen molar-refractivity contribution in [2.24, 2.45) is 0 Å². The molecule has 6 nitrogen and oxygen atoms in total. The van der Waals surface area contributed by atoms with Gasteiger partial charge in [-0.05, 0) is 48.5 Å². The predicted octanol–water partition coefficient (Wildman–Crippen LogP) is 3.23. The fourth-order valence-electron chi connectivity index (χ4n) is 3.05. The van der Waals surface area contributed by atoms with E-state index in [-0.39, 0.29) is 18.6 Å². The van der Waals surface area contributed by atoms with Crippen molar-refractivity contribution in [1.29, 1.82) is 0 Å². The van der Waals surface area contributed by atoms with Gasteiger partial charge in [0.25, 0.3) is 5.91 Å². The second-order valence-electron chi connectivity index (χ2n) is 6.30. The quantitative estimate of drug-likeness (QED) is 0.759. The Bertz CT molecular complexity index is 921. The van der Waals surface area contributed by atoms with Crippen LogP contribution >= 0.6 is 0 Å². The first-order valence-corrected chi connectivity index (χ1v) is 8.75. The highest BCUT2D eigenvalue weighted by atomic mass is 16.6. The van der Waals surface area contributed by atoms with Crippen LogP contribution in [0.5, 0.6) is 0 Å². The molecule has 2 aromatic carbocycles. The normalized spacial score (nSPS) is 16.2. The van der Waals surface area contributed by atoms with Crippen LogP contribution in [-0.2, 0) is 4.74 Å². The molecule has 1 aromatic heterocycles. The van der Waals surface area contributed by atoms with Crippen molar-refractivity contribution in [3.63, 3.8) is 0 Å². The molecule has 1 atom stereocenters. The molecule has 1 unspecified atom stereocenters. The summed E-state index contributed by atoms with van der Waals surface area (Å²) in [7, 11) is 0. The van der Waals surface area contributed by atoms with Crippen molar-refractivity contribution in [1.82, 2.24) is 9.88 Å². The Morgan fingerprint density at radius 1 is 0.963 bits per heavy atom. The van der Waals surface area contributed by atoms with E-state index in [0.29, 0.717) is 12.1 Å². The van der Waals surface area contributed by atoms with Crippen LogP contribution in [0.2, 0.25) is 0 Å². The molecule has 0 aliphatic carbocycles. The van der Waals surface area contributed by atoms with E-state index >= 15 is 0 Å². The van der Waals surface area contributed by atoms with E-state index in [1.165, 1.54) is 0 Å². The number of benzene rings is 2. The van der Waals surface area contributed by atoms with Crippen molar-refractivity contribution in [2.75, 3.05) is 18.0 Å². The summed E-state index contributed by atoms with van der Waals surface area (Å²) in [6.07, 6.45) is 3.13. The third-order valence-electron chi connectivity index (χ3n) is 4.46. The van der Waals surface area contributed by atoms with Crippen LogP contribution < -0.4 is 10.2 Å². The van der Waals surface area contributed by atoms with Crippen molar-refractivity contribution >= 4 is 17.7 Å². The second kappa shape index (κ2) is 7.37. The Morgan fingerprint density at radius 2 is 1.67 bits per heavy atom. The van der Waals surface area contributed by atoms with Crippen LogP contribution in [0, 0.1) is 0 Å². The predicted molar refractivity (Wildman–Crippen MR) is 102 cm³/mol. The number of aromatic nitrogens is 1. The lowest BCUT2D eigenvalue weighted by Crippen LogP contribution is -2.34. The van der Waals surface area contributed by atoms with Gasteiger partial charge < -0.3 is 14.6 Å². The van der Waals surface area contributed by atoms with E-state index in [2.05, 4.69) is 5.32 Å². The van der Waals surface area contributed by atoms with Crippen molar-refractivity contribution in [3.05, 3.63) is 84.7 Å². The molecule has 6 heteroatoms. The first kappa shape index (κ1) is 16.9. The highest BCUT2D eigenvalue weighted by Crippen LogP contribution is 2.20. The molecule has 1 fully saturated rings. The highest BCUT2D eigenvalue weighted by Gasteiger charge is 2.32. The van der Waals surface area contributed by atoms with Gasteiger partial charge in [-0.25, -0.2) is 4.79 Å². The summed E-state index contributed by atoms with van der Waals surface area (Å²) in [5.74, 6) is -0.191. The summed E-state index contributed by atoms with van der Waals surface area (Å²) in [4.78, 5) is 26.0. The van der Waals surface area contributed by atoms with Gasteiger partial charge in [0, 0.05) is 29.3 Å². The number of hydrogen-bond donors (Lipinski definition) is 1. The lowest BCUT2D eigenvalue weighted by atomic mass is 10.2. The molecule has 1 aliphatic rings.